The molecule has 2 aromatic rings. The molecule has 0 radical (unpaired) electrons. The van der Waals surface area contributed by atoms with Crippen molar-refractivity contribution in [3.63, 3.8) is 0 Å². The molecular weight excluding hydrogens is 473 g/mol. The van der Waals surface area contributed by atoms with Gasteiger partial charge in [-0.1, -0.05) is 24.3 Å². The molecule has 34 heavy (non-hydrogen) atoms. The summed E-state index contributed by atoms with van der Waals surface area (Å²) in [6.07, 6.45) is -4.40. The predicted molar refractivity (Wildman–Crippen MR) is 119 cm³/mol. The van der Waals surface area contributed by atoms with E-state index in [0.717, 1.165) is 5.56 Å². The van der Waals surface area contributed by atoms with E-state index in [1.165, 1.54) is 28.6 Å². The molecule has 0 saturated carbocycles. The first-order valence-corrected chi connectivity index (χ1v) is 12.2. The third-order valence-corrected chi connectivity index (χ3v) is 7.74. The molecular formula is C23H27F3N2O5S. The lowest BCUT2D eigenvalue weighted by atomic mass is 10.1. The molecule has 0 aliphatic carbocycles. The lowest BCUT2D eigenvalue weighted by Crippen LogP contribution is -2.58. The first kappa shape index (κ1) is 26.0. The van der Waals surface area contributed by atoms with Gasteiger partial charge in [0.15, 0.2) is 0 Å². The van der Waals surface area contributed by atoms with Crippen molar-refractivity contribution in [1.82, 2.24) is 9.21 Å². The largest absolute Gasteiger partial charge is 0.573 e. The monoisotopic (exact) mass is 500 g/mol. The second kappa shape index (κ2) is 10.3. The summed E-state index contributed by atoms with van der Waals surface area (Å²) in [7, 11) is -3.82. The number of carboxylic acid groups (broad SMARTS) is 1. The number of benzene rings is 2. The molecule has 7 nitrogen and oxygen atoms in total. The third-order valence-electron chi connectivity index (χ3n) is 5.62. The van der Waals surface area contributed by atoms with E-state index in [2.05, 4.69) is 9.64 Å². The summed E-state index contributed by atoms with van der Waals surface area (Å²) in [5.74, 6) is -1.31. The number of aliphatic carboxylic acids is 1. The van der Waals surface area contributed by atoms with Crippen molar-refractivity contribution in [2.45, 2.75) is 50.0 Å². The van der Waals surface area contributed by atoms with Crippen LogP contribution < -0.4 is 4.74 Å². The molecule has 1 saturated heterocycles. The zero-order valence-electron chi connectivity index (χ0n) is 18.8. The predicted octanol–water partition coefficient (Wildman–Crippen LogP) is 3.54. The van der Waals surface area contributed by atoms with Crippen LogP contribution in [0.3, 0.4) is 0 Å². The molecule has 3 rings (SSSR count). The van der Waals surface area contributed by atoms with Crippen LogP contribution in [0.2, 0.25) is 0 Å². The van der Waals surface area contributed by atoms with Gasteiger partial charge in [0.25, 0.3) is 0 Å². The van der Waals surface area contributed by atoms with Gasteiger partial charge in [-0.05, 0) is 55.7 Å². The molecule has 11 heteroatoms. The molecule has 0 amide bonds. The van der Waals surface area contributed by atoms with E-state index in [1.807, 2.05) is 13.8 Å². The van der Waals surface area contributed by atoms with Crippen molar-refractivity contribution < 1.29 is 36.2 Å². The number of piperazine rings is 1. The summed E-state index contributed by atoms with van der Waals surface area (Å²) in [4.78, 5) is 13.2. The Labute approximate surface area is 196 Å². The molecule has 0 spiro atoms. The maximum atomic E-state index is 13.3. The Morgan fingerprint density at radius 3 is 2.24 bits per heavy atom. The van der Waals surface area contributed by atoms with Gasteiger partial charge in [-0.2, -0.15) is 4.31 Å². The second-order valence-corrected chi connectivity index (χ2v) is 10.3. The summed E-state index contributed by atoms with van der Waals surface area (Å²) in [6.45, 7) is 5.26. The molecule has 1 aliphatic rings. The zero-order chi connectivity index (χ0) is 25.1. The van der Waals surface area contributed by atoms with Gasteiger partial charge in [0.05, 0.1) is 11.3 Å². The fourth-order valence-electron chi connectivity index (χ4n) is 4.33. The van der Waals surface area contributed by atoms with E-state index in [9.17, 15) is 26.4 Å². The Morgan fingerprint density at radius 2 is 1.68 bits per heavy atom. The van der Waals surface area contributed by atoms with Crippen LogP contribution in [0.15, 0.2) is 53.4 Å². The normalized spacial score (nSPS) is 20.3. The summed E-state index contributed by atoms with van der Waals surface area (Å²) in [5, 5.41) is 9.00. The average molecular weight is 501 g/mol. The highest BCUT2D eigenvalue weighted by Crippen LogP contribution is 2.27. The first-order chi connectivity index (χ1) is 15.8. The lowest BCUT2D eigenvalue weighted by molar-refractivity contribution is -0.274. The quantitative estimate of drug-likeness (QED) is 0.597. The van der Waals surface area contributed by atoms with Crippen LogP contribution in [0.4, 0.5) is 13.2 Å². The SMILES string of the molecule is CC1CN(CCc2ccc(OC(F)(F)F)cc2)C[C@H](C)N1S(=O)(=O)c1cccc(CC(=O)O)c1. The Morgan fingerprint density at radius 1 is 1.06 bits per heavy atom. The van der Waals surface area contributed by atoms with E-state index in [-0.39, 0.29) is 29.1 Å². The molecule has 1 N–H and O–H groups in total. The van der Waals surface area contributed by atoms with Gasteiger partial charge in [0, 0.05) is 31.7 Å². The van der Waals surface area contributed by atoms with Gasteiger partial charge in [0.1, 0.15) is 5.75 Å². The van der Waals surface area contributed by atoms with Crippen LogP contribution in [-0.2, 0) is 27.7 Å². The van der Waals surface area contributed by atoms with Crippen LogP contribution >= 0.6 is 0 Å². The van der Waals surface area contributed by atoms with Crippen LogP contribution in [0.1, 0.15) is 25.0 Å². The maximum absolute atomic E-state index is 13.3. The number of halogens is 3. The number of hydrogen-bond donors (Lipinski definition) is 1. The fraction of sp³-hybridized carbons (Fsp3) is 0.435. The van der Waals surface area contributed by atoms with Gasteiger partial charge in [-0.15, -0.1) is 13.2 Å². The van der Waals surface area contributed by atoms with Crippen LogP contribution in [0, 0.1) is 0 Å². The van der Waals surface area contributed by atoms with E-state index in [1.54, 1.807) is 24.3 Å². The first-order valence-electron chi connectivity index (χ1n) is 10.8. The summed E-state index contributed by atoms with van der Waals surface area (Å²) in [6, 6.07) is 11.1. The Kier molecular flexibility index (Phi) is 7.89. The number of hydrogen-bond acceptors (Lipinski definition) is 5. The van der Waals surface area contributed by atoms with Crippen molar-refractivity contribution in [1.29, 1.82) is 0 Å². The minimum atomic E-state index is -4.73. The number of rotatable bonds is 8. The lowest BCUT2D eigenvalue weighted by Gasteiger charge is -2.43. The van der Waals surface area contributed by atoms with Crippen molar-refractivity contribution in [3.05, 3.63) is 59.7 Å². The number of nitrogens with zero attached hydrogens (tertiary/aromatic N) is 2. The van der Waals surface area contributed by atoms with E-state index < -0.39 is 22.4 Å². The van der Waals surface area contributed by atoms with Gasteiger partial charge in [-0.25, -0.2) is 8.42 Å². The van der Waals surface area contributed by atoms with Gasteiger partial charge in [0.2, 0.25) is 10.0 Å². The molecule has 2 atom stereocenters. The van der Waals surface area contributed by atoms with Gasteiger partial charge >= 0.3 is 12.3 Å². The van der Waals surface area contributed by atoms with Crippen molar-refractivity contribution in [2.75, 3.05) is 19.6 Å². The highest BCUT2D eigenvalue weighted by molar-refractivity contribution is 7.89. The Hall–Kier alpha value is -2.63. The van der Waals surface area contributed by atoms with E-state index >= 15 is 0 Å². The highest BCUT2D eigenvalue weighted by atomic mass is 32.2. The second-order valence-electron chi connectivity index (χ2n) is 8.45. The molecule has 186 valence electrons. The smallest absolute Gasteiger partial charge is 0.481 e. The van der Waals surface area contributed by atoms with Crippen molar-refractivity contribution >= 4 is 16.0 Å². The summed E-state index contributed by atoms with van der Waals surface area (Å²) < 4.78 is 68.9. The van der Waals surface area contributed by atoms with Crippen molar-refractivity contribution in [3.8, 4) is 5.75 Å². The molecule has 1 heterocycles. The summed E-state index contributed by atoms with van der Waals surface area (Å²) in [5.41, 5.74) is 1.26. The van der Waals surface area contributed by atoms with Crippen LogP contribution in [0.25, 0.3) is 0 Å². The topological polar surface area (TPSA) is 87.2 Å². The zero-order valence-corrected chi connectivity index (χ0v) is 19.6. The number of carbonyl (C=O) groups is 1. The minimum absolute atomic E-state index is 0.0690. The van der Waals surface area contributed by atoms with Gasteiger partial charge < -0.3 is 9.84 Å². The standard InChI is InChI=1S/C23H27F3N2O5S/c1-16-14-27(11-10-18-6-8-20(9-7-18)33-23(24,25)26)15-17(2)28(16)34(31,32)21-5-3-4-19(12-21)13-22(29)30/h3-9,12,16-17H,10-11,13-15H2,1-2H3,(H,29,30)/t16-,17?/m0/s1. The molecule has 1 fully saturated rings. The molecule has 1 unspecified atom stereocenters. The van der Waals surface area contributed by atoms with E-state index in [4.69, 9.17) is 5.11 Å². The summed E-state index contributed by atoms with van der Waals surface area (Å²) >= 11 is 0. The number of sulfonamides is 1. The Bertz CT molecular complexity index is 1090. The Balaban J connectivity index is 1.63. The molecule has 0 aromatic heterocycles. The maximum Gasteiger partial charge on any atom is 0.573 e. The average Bonchev–Trinajstić information content (AvgIpc) is 2.71. The molecule has 1 aliphatic heterocycles. The van der Waals surface area contributed by atoms with Crippen LogP contribution in [-0.4, -0.2) is 66.8 Å². The number of carboxylic acids is 1. The number of ether oxygens (including phenoxy) is 1. The van der Waals surface area contributed by atoms with Crippen LogP contribution in [0.5, 0.6) is 5.75 Å². The minimum Gasteiger partial charge on any atom is -0.481 e. The molecule has 0 bridgehead atoms. The van der Waals surface area contributed by atoms with E-state index in [0.29, 0.717) is 31.6 Å². The third kappa shape index (κ3) is 6.71. The number of alkyl halides is 3. The molecule has 2 aromatic carbocycles. The fourth-order valence-corrected chi connectivity index (χ4v) is 6.21. The van der Waals surface area contributed by atoms with Gasteiger partial charge in [-0.3, -0.25) is 9.69 Å². The van der Waals surface area contributed by atoms with Crippen molar-refractivity contribution in [2.24, 2.45) is 0 Å². The highest BCUT2D eigenvalue weighted by Gasteiger charge is 2.38.